The lowest BCUT2D eigenvalue weighted by molar-refractivity contribution is 0.318. The van der Waals surface area contributed by atoms with Crippen molar-refractivity contribution in [1.29, 1.82) is 0 Å². The van der Waals surface area contributed by atoms with E-state index in [1.165, 1.54) is 10.5 Å². The highest BCUT2D eigenvalue weighted by atomic mass is 32.2. The maximum absolute atomic E-state index is 8.81. The predicted octanol–water partition coefficient (Wildman–Crippen LogP) is 2.67. The normalized spacial score (nSPS) is 18.7. The van der Waals surface area contributed by atoms with E-state index in [4.69, 9.17) is 5.21 Å². The molecular weight excluding hydrogens is 182 g/mol. The first-order valence-corrected chi connectivity index (χ1v) is 5.24. The van der Waals surface area contributed by atoms with Crippen molar-refractivity contribution in [2.75, 3.05) is 5.75 Å². The van der Waals surface area contributed by atoms with Crippen LogP contribution >= 0.6 is 11.8 Å². The summed E-state index contributed by atoms with van der Waals surface area (Å²) in [6.45, 7) is 2.05. The molecule has 0 atom stereocenters. The third kappa shape index (κ3) is 1.56. The van der Waals surface area contributed by atoms with Gasteiger partial charge in [-0.3, -0.25) is 0 Å². The molecule has 68 valence electrons. The summed E-state index contributed by atoms with van der Waals surface area (Å²) >= 11 is 1.82. The molecule has 0 spiro atoms. The second kappa shape index (κ2) is 3.42. The van der Waals surface area contributed by atoms with Crippen LogP contribution in [-0.4, -0.2) is 16.7 Å². The Labute approximate surface area is 81.7 Å². The molecular formula is C10H11NOS. The molecule has 13 heavy (non-hydrogen) atoms. The SMILES string of the molecule is Cc1ccc2c(c1)/C(=N\O)CCS2. The highest BCUT2D eigenvalue weighted by Crippen LogP contribution is 2.30. The highest BCUT2D eigenvalue weighted by Gasteiger charge is 2.15. The standard InChI is InChI=1S/C10H11NOS/c1-7-2-3-10-8(6-7)9(11-12)4-5-13-10/h2-3,6,12H,4-5H2,1H3/b11-9-. The number of aryl methyl sites for hydroxylation is 1. The molecule has 1 aromatic rings. The van der Waals surface area contributed by atoms with Crippen LogP contribution in [0.1, 0.15) is 17.5 Å². The third-order valence-electron chi connectivity index (χ3n) is 2.16. The van der Waals surface area contributed by atoms with Gasteiger partial charge >= 0.3 is 0 Å². The number of thioether (sulfide) groups is 1. The van der Waals surface area contributed by atoms with Crippen LogP contribution in [0, 0.1) is 6.92 Å². The van der Waals surface area contributed by atoms with Crippen molar-refractivity contribution in [3.63, 3.8) is 0 Å². The zero-order chi connectivity index (χ0) is 9.26. The summed E-state index contributed by atoms with van der Waals surface area (Å²) in [6.07, 6.45) is 0.859. The van der Waals surface area contributed by atoms with Gasteiger partial charge in [-0.05, 0) is 19.1 Å². The molecule has 2 nitrogen and oxygen atoms in total. The van der Waals surface area contributed by atoms with E-state index in [0.717, 1.165) is 23.4 Å². The molecule has 1 aliphatic heterocycles. The Balaban J connectivity index is 2.54. The zero-order valence-electron chi connectivity index (χ0n) is 7.45. The van der Waals surface area contributed by atoms with Crippen molar-refractivity contribution < 1.29 is 5.21 Å². The van der Waals surface area contributed by atoms with Gasteiger partial charge in [-0.25, -0.2) is 0 Å². The number of oxime groups is 1. The highest BCUT2D eigenvalue weighted by molar-refractivity contribution is 7.99. The third-order valence-corrected chi connectivity index (χ3v) is 3.24. The first kappa shape index (κ1) is 8.63. The van der Waals surface area contributed by atoms with E-state index in [-0.39, 0.29) is 0 Å². The summed E-state index contributed by atoms with van der Waals surface area (Å²) < 4.78 is 0. The van der Waals surface area contributed by atoms with Gasteiger partial charge in [-0.15, -0.1) is 11.8 Å². The maximum atomic E-state index is 8.81. The Morgan fingerprint density at radius 1 is 1.46 bits per heavy atom. The lowest BCUT2D eigenvalue weighted by Gasteiger charge is -2.16. The molecule has 0 fully saturated rings. The minimum absolute atomic E-state index is 0.817. The maximum Gasteiger partial charge on any atom is 0.0887 e. The van der Waals surface area contributed by atoms with E-state index < -0.39 is 0 Å². The van der Waals surface area contributed by atoms with Gasteiger partial charge in [0, 0.05) is 22.6 Å². The van der Waals surface area contributed by atoms with E-state index in [0.29, 0.717) is 0 Å². The molecule has 1 heterocycles. The van der Waals surface area contributed by atoms with Crippen LogP contribution in [0.3, 0.4) is 0 Å². The van der Waals surface area contributed by atoms with Crippen molar-refractivity contribution in [2.45, 2.75) is 18.2 Å². The average molecular weight is 193 g/mol. The average Bonchev–Trinajstić information content (AvgIpc) is 2.17. The fraction of sp³-hybridized carbons (Fsp3) is 0.300. The Morgan fingerprint density at radius 2 is 2.31 bits per heavy atom. The molecule has 0 unspecified atom stereocenters. The Hall–Kier alpha value is -0.960. The van der Waals surface area contributed by atoms with E-state index in [9.17, 15) is 0 Å². The summed E-state index contributed by atoms with van der Waals surface area (Å²) in [6, 6.07) is 6.27. The largest absolute Gasteiger partial charge is 0.411 e. The van der Waals surface area contributed by atoms with Crippen molar-refractivity contribution >= 4 is 17.5 Å². The van der Waals surface area contributed by atoms with Crippen molar-refractivity contribution in [2.24, 2.45) is 5.16 Å². The number of rotatable bonds is 0. The number of benzene rings is 1. The second-order valence-electron chi connectivity index (χ2n) is 3.14. The van der Waals surface area contributed by atoms with Crippen LogP contribution in [-0.2, 0) is 0 Å². The Morgan fingerprint density at radius 3 is 3.08 bits per heavy atom. The van der Waals surface area contributed by atoms with Crippen LogP contribution in [0.2, 0.25) is 0 Å². The summed E-state index contributed by atoms with van der Waals surface area (Å²) in [5, 5.41) is 12.1. The van der Waals surface area contributed by atoms with Crippen molar-refractivity contribution in [1.82, 2.24) is 0 Å². The Kier molecular flexibility index (Phi) is 2.27. The molecule has 0 saturated carbocycles. The summed E-state index contributed by atoms with van der Waals surface area (Å²) in [7, 11) is 0. The van der Waals surface area contributed by atoms with Gasteiger partial charge in [0.05, 0.1) is 5.71 Å². The number of nitrogens with zero attached hydrogens (tertiary/aromatic N) is 1. The van der Waals surface area contributed by atoms with Crippen LogP contribution in [0.4, 0.5) is 0 Å². The summed E-state index contributed by atoms with van der Waals surface area (Å²) in [5.74, 6) is 1.01. The number of hydrogen-bond donors (Lipinski definition) is 1. The number of fused-ring (bicyclic) bond motifs is 1. The fourth-order valence-electron chi connectivity index (χ4n) is 1.49. The van der Waals surface area contributed by atoms with Crippen LogP contribution < -0.4 is 0 Å². The lowest BCUT2D eigenvalue weighted by Crippen LogP contribution is -2.09. The zero-order valence-corrected chi connectivity index (χ0v) is 8.27. The van der Waals surface area contributed by atoms with Gasteiger partial charge in [-0.1, -0.05) is 16.8 Å². The molecule has 0 aliphatic carbocycles. The molecule has 1 N–H and O–H groups in total. The molecule has 0 amide bonds. The van der Waals surface area contributed by atoms with Crippen LogP contribution in [0.25, 0.3) is 0 Å². The Bertz CT molecular complexity index is 360. The van der Waals surface area contributed by atoms with Crippen LogP contribution in [0.15, 0.2) is 28.3 Å². The van der Waals surface area contributed by atoms with Gasteiger partial charge < -0.3 is 5.21 Å². The summed E-state index contributed by atoms with van der Waals surface area (Å²) in [5.41, 5.74) is 3.12. The van der Waals surface area contributed by atoms with E-state index in [2.05, 4.69) is 30.3 Å². The van der Waals surface area contributed by atoms with Gasteiger partial charge in [0.15, 0.2) is 0 Å². The fourth-order valence-corrected chi connectivity index (χ4v) is 2.50. The molecule has 3 heteroatoms. The van der Waals surface area contributed by atoms with Gasteiger partial charge in [-0.2, -0.15) is 0 Å². The van der Waals surface area contributed by atoms with E-state index >= 15 is 0 Å². The second-order valence-corrected chi connectivity index (χ2v) is 4.28. The monoisotopic (exact) mass is 193 g/mol. The minimum Gasteiger partial charge on any atom is -0.411 e. The molecule has 1 aliphatic rings. The quantitative estimate of drug-likeness (QED) is 0.507. The molecule has 0 radical (unpaired) electrons. The lowest BCUT2D eigenvalue weighted by atomic mass is 10.1. The van der Waals surface area contributed by atoms with E-state index in [1.54, 1.807) is 0 Å². The minimum atomic E-state index is 0.817. The topological polar surface area (TPSA) is 32.6 Å². The first-order chi connectivity index (χ1) is 6.31. The smallest absolute Gasteiger partial charge is 0.0887 e. The molecule has 0 bridgehead atoms. The van der Waals surface area contributed by atoms with Crippen LogP contribution in [0.5, 0.6) is 0 Å². The molecule has 0 aromatic heterocycles. The van der Waals surface area contributed by atoms with E-state index in [1.807, 2.05) is 11.8 Å². The molecule has 2 rings (SSSR count). The molecule has 1 aromatic carbocycles. The number of hydrogen-bond acceptors (Lipinski definition) is 3. The predicted molar refractivity (Wildman–Crippen MR) is 54.8 cm³/mol. The van der Waals surface area contributed by atoms with Gasteiger partial charge in [0.25, 0.3) is 0 Å². The molecule has 0 saturated heterocycles. The van der Waals surface area contributed by atoms with Gasteiger partial charge in [0.1, 0.15) is 0 Å². The van der Waals surface area contributed by atoms with Gasteiger partial charge in [0.2, 0.25) is 0 Å². The van der Waals surface area contributed by atoms with Crippen molar-refractivity contribution in [3.8, 4) is 0 Å². The summed E-state index contributed by atoms with van der Waals surface area (Å²) in [4.78, 5) is 1.23. The van der Waals surface area contributed by atoms with Crippen molar-refractivity contribution in [3.05, 3.63) is 29.3 Å². The first-order valence-electron chi connectivity index (χ1n) is 4.26.